The number of fused-ring (bicyclic) bond motifs is 1. The Morgan fingerprint density at radius 2 is 1.68 bits per heavy atom. The molecule has 3 atom stereocenters. The summed E-state index contributed by atoms with van der Waals surface area (Å²) < 4.78 is 0. The quantitative estimate of drug-likeness (QED) is 0.621. The number of carbonyl (C=O) groups is 1. The molecular formula is C27H31NO3. The van der Waals surface area contributed by atoms with Gasteiger partial charge >= 0.3 is 0 Å². The number of Topliss-reactive ketones (excluding diaryl/α,β-unsaturated/α-hetero) is 1. The Morgan fingerprint density at radius 1 is 1.00 bits per heavy atom. The molecule has 0 bridgehead atoms. The largest absolute Gasteiger partial charge is 0.392 e. The second-order valence-corrected chi connectivity index (χ2v) is 8.66. The lowest BCUT2D eigenvalue weighted by molar-refractivity contribution is -0.122. The molecule has 2 aromatic carbocycles. The van der Waals surface area contributed by atoms with Gasteiger partial charge in [-0.1, -0.05) is 57.2 Å². The Morgan fingerprint density at radius 3 is 2.32 bits per heavy atom. The average Bonchev–Trinajstić information content (AvgIpc) is 3.07. The first-order valence-electron chi connectivity index (χ1n) is 11.4. The van der Waals surface area contributed by atoms with Crippen LogP contribution in [0, 0.1) is 5.92 Å². The fourth-order valence-corrected chi connectivity index (χ4v) is 5.24. The summed E-state index contributed by atoms with van der Waals surface area (Å²) in [5, 5.41) is 12.8. The van der Waals surface area contributed by atoms with Crippen LogP contribution in [0.1, 0.15) is 60.9 Å². The van der Waals surface area contributed by atoms with Gasteiger partial charge in [0.15, 0.2) is 0 Å². The van der Waals surface area contributed by atoms with E-state index in [0.29, 0.717) is 18.4 Å². The Hall–Kier alpha value is -2.72. The third kappa shape index (κ3) is 3.85. The summed E-state index contributed by atoms with van der Waals surface area (Å²) in [5.41, 5.74) is 5.11. The molecule has 1 saturated carbocycles. The molecule has 1 heterocycles. The van der Waals surface area contributed by atoms with E-state index in [2.05, 4.69) is 37.9 Å². The lowest BCUT2D eigenvalue weighted by atomic mass is 9.82. The molecule has 4 nitrogen and oxygen atoms in total. The molecule has 2 N–H and O–H groups in total. The number of rotatable bonds is 6. The van der Waals surface area contributed by atoms with Gasteiger partial charge in [-0.2, -0.15) is 0 Å². The maximum absolute atomic E-state index is 13.6. The molecule has 31 heavy (non-hydrogen) atoms. The van der Waals surface area contributed by atoms with Crippen LogP contribution in [0.3, 0.4) is 0 Å². The molecule has 0 aliphatic heterocycles. The van der Waals surface area contributed by atoms with Gasteiger partial charge in [0.05, 0.1) is 12.0 Å². The predicted octanol–water partition coefficient (Wildman–Crippen LogP) is 4.49. The zero-order valence-corrected chi connectivity index (χ0v) is 18.6. The summed E-state index contributed by atoms with van der Waals surface area (Å²) in [7, 11) is 0. The molecule has 162 valence electrons. The number of ketones is 1. The third-order valence-electron chi connectivity index (χ3n) is 6.88. The van der Waals surface area contributed by atoms with Crippen LogP contribution in [0.25, 0.3) is 10.8 Å². The molecule has 4 heteroatoms. The molecule has 0 saturated heterocycles. The van der Waals surface area contributed by atoms with Crippen molar-refractivity contribution in [1.82, 2.24) is 4.98 Å². The predicted molar refractivity (Wildman–Crippen MR) is 125 cm³/mol. The maximum Gasteiger partial charge on any atom is 0.251 e. The fourth-order valence-electron chi connectivity index (χ4n) is 5.24. The first-order chi connectivity index (χ1) is 15.0. The molecule has 1 fully saturated rings. The van der Waals surface area contributed by atoms with Crippen molar-refractivity contribution in [2.45, 2.75) is 64.9 Å². The second-order valence-electron chi connectivity index (χ2n) is 8.66. The highest BCUT2D eigenvalue weighted by molar-refractivity contribution is 5.93. The average molecular weight is 418 g/mol. The molecule has 0 spiro atoms. The van der Waals surface area contributed by atoms with E-state index >= 15 is 0 Å². The molecule has 3 aromatic rings. The first-order valence-corrected chi connectivity index (χ1v) is 11.4. The van der Waals surface area contributed by atoms with E-state index < -0.39 is 12.0 Å². The number of benzene rings is 2. The van der Waals surface area contributed by atoms with Gasteiger partial charge in [0.1, 0.15) is 5.78 Å². The van der Waals surface area contributed by atoms with Crippen molar-refractivity contribution >= 4 is 16.6 Å². The van der Waals surface area contributed by atoms with Crippen LogP contribution >= 0.6 is 0 Å². The van der Waals surface area contributed by atoms with Crippen molar-refractivity contribution in [3.63, 3.8) is 0 Å². The van der Waals surface area contributed by atoms with Gasteiger partial charge in [0.25, 0.3) is 5.56 Å². The number of aromatic amines is 1. The van der Waals surface area contributed by atoms with Crippen LogP contribution in [0.2, 0.25) is 0 Å². The van der Waals surface area contributed by atoms with Crippen molar-refractivity contribution < 1.29 is 9.90 Å². The van der Waals surface area contributed by atoms with E-state index in [4.69, 9.17) is 0 Å². The van der Waals surface area contributed by atoms with Crippen molar-refractivity contribution in [1.29, 1.82) is 0 Å². The van der Waals surface area contributed by atoms with Crippen molar-refractivity contribution in [2.24, 2.45) is 5.92 Å². The molecule has 1 aromatic heterocycles. The zero-order chi connectivity index (χ0) is 22.1. The van der Waals surface area contributed by atoms with E-state index in [1.54, 1.807) is 6.20 Å². The number of aryl methyl sites for hydroxylation is 3. The fraction of sp³-hybridized carbons (Fsp3) is 0.407. The monoisotopic (exact) mass is 417 g/mol. The van der Waals surface area contributed by atoms with Gasteiger partial charge in [-0.25, -0.2) is 0 Å². The normalized spacial score (nSPS) is 21.2. The molecule has 1 aliphatic rings. The van der Waals surface area contributed by atoms with Crippen LogP contribution < -0.4 is 5.56 Å². The van der Waals surface area contributed by atoms with E-state index in [0.717, 1.165) is 46.7 Å². The van der Waals surface area contributed by atoms with Crippen molar-refractivity contribution in [2.75, 3.05) is 0 Å². The standard InChI is InChI=1S/C27H31NO3/c1-4-16-11-17(5-2)24(18(6-3)12-16)25-23(29)14-20(26(25)30)13-22-21-10-8-7-9-19(21)15-28-27(22)31/h7-12,15,20,23,25,29H,4-6,13-14H2,1-3H3,(H,28,31). The molecule has 0 amide bonds. The highest BCUT2D eigenvalue weighted by Crippen LogP contribution is 2.41. The van der Waals surface area contributed by atoms with Crippen molar-refractivity contribution in [3.8, 4) is 0 Å². The van der Waals surface area contributed by atoms with Gasteiger partial charge in [-0.3, -0.25) is 9.59 Å². The topological polar surface area (TPSA) is 70.2 Å². The number of carbonyl (C=O) groups excluding carboxylic acids is 1. The van der Waals surface area contributed by atoms with E-state index in [9.17, 15) is 14.7 Å². The van der Waals surface area contributed by atoms with E-state index in [-0.39, 0.29) is 17.3 Å². The third-order valence-corrected chi connectivity index (χ3v) is 6.88. The van der Waals surface area contributed by atoms with Gasteiger partial charge in [0.2, 0.25) is 0 Å². The number of pyridine rings is 1. The lowest BCUT2D eigenvalue weighted by Gasteiger charge is -2.22. The Balaban J connectivity index is 1.73. The summed E-state index contributed by atoms with van der Waals surface area (Å²) in [6.45, 7) is 6.36. The van der Waals surface area contributed by atoms with Crippen molar-refractivity contribution in [3.05, 3.63) is 80.8 Å². The minimum Gasteiger partial charge on any atom is -0.392 e. The summed E-state index contributed by atoms with van der Waals surface area (Å²) in [6.07, 6.45) is 4.38. The number of H-pyrrole nitrogens is 1. The number of nitrogens with one attached hydrogen (secondary N) is 1. The van der Waals surface area contributed by atoms with Crippen LogP contribution in [-0.2, 0) is 30.5 Å². The number of aliphatic hydroxyl groups is 1. The van der Waals surface area contributed by atoms with Gasteiger partial charge in [-0.15, -0.1) is 0 Å². The van der Waals surface area contributed by atoms with Crippen LogP contribution in [0.4, 0.5) is 0 Å². The van der Waals surface area contributed by atoms with Crippen LogP contribution in [-0.4, -0.2) is 22.0 Å². The Bertz CT molecular complexity index is 1150. The van der Waals surface area contributed by atoms with E-state index in [1.165, 1.54) is 5.56 Å². The number of hydrogen-bond acceptors (Lipinski definition) is 3. The summed E-state index contributed by atoms with van der Waals surface area (Å²) in [4.78, 5) is 29.0. The van der Waals surface area contributed by atoms with Crippen LogP contribution in [0.5, 0.6) is 0 Å². The van der Waals surface area contributed by atoms with Gasteiger partial charge < -0.3 is 10.1 Å². The molecule has 3 unspecified atom stereocenters. The number of hydrogen-bond donors (Lipinski definition) is 2. The highest BCUT2D eigenvalue weighted by Gasteiger charge is 2.43. The summed E-state index contributed by atoms with van der Waals surface area (Å²) >= 11 is 0. The molecular weight excluding hydrogens is 386 g/mol. The van der Waals surface area contributed by atoms with Gasteiger partial charge in [-0.05, 0) is 65.1 Å². The lowest BCUT2D eigenvalue weighted by Crippen LogP contribution is -2.23. The summed E-state index contributed by atoms with van der Waals surface area (Å²) in [6, 6.07) is 12.1. The van der Waals surface area contributed by atoms with E-state index in [1.807, 2.05) is 24.3 Å². The maximum atomic E-state index is 13.6. The van der Waals surface area contributed by atoms with Gasteiger partial charge in [0, 0.05) is 17.7 Å². The zero-order valence-electron chi connectivity index (χ0n) is 18.6. The first kappa shape index (κ1) is 21.5. The Kier molecular flexibility index (Phi) is 6.10. The SMILES string of the molecule is CCc1cc(CC)c(C2C(=O)C(Cc3c(=O)[nH]cc4ccccc34)CC2O)c(CC)c1. The number of aliphatic hydroxyl groups excluding tert-OH is 1. The molecule has 4 rings (SSSR count). The molecule has 0 radical (unpaired) electrons. The number of aromatic nitrogens is 1. The Labute approximate surface area is 183 Å². The van der Waals surface area contributed by atoms with Crippen LogP contribution in [0.15, 0.2) is 47.4 Å². The highest BCUT2D eigenvalue weighted by atomic mass is 16.3. The minimum atomic E-state index is -0.713. The minimum absolute atomic E-state index is 0.0634. The second kappa shape index (κ2) is 8.80. The summed E-state index contributed by atoms with van der Waals surface area (Å²) in [5.74, 6) is -0.796. The molecule has 1 aliphatic carbocycles. The smallest absolute Gasteiger partial charge is 0.251 e.